The van der Waals surface area contributed by atoms with E-state index in [-0.39, 0.29) is 15.7 Å². The molecule has 0 aromatic heterocycles. The summed E-state index contributed by atoms with van der Waals surface area (Å²) in [5.41, 5.74) is 2.31. The van der Waals surface area contributed by atoms with Gasteiger partial charge < -0.3 is 10.6 Å². The largest absolute Gasteiger partial charge is 0.384 e. The molecule has 1 atom stereocenters. The first-order valence-electron chi connectivity index (χ1n) is 12.0. The molecule has 9 heteroatoms. The van der Waals surface area contributed by atoms with Gasteiger partial charge in [0, 0.05) is 19.3 Å². The molecule has 0 amide bonds. The Kier molecular flexibility index (Phi) is 8.65. The van der Waals surface area contributed by atoms with Crippen LogP contribution in [-0.4, -0.2) is 45.1 Å². The SMILES string of the molecule is CCc1ccc(N(CC(C)C)S(=O)(=O)c2ccc(NCC3CCNCC3)c(S(C)(=N)=O)c2)cc1. The van der Waals surface area contributed by atoms with Crippen LogP contribution in [0.5, 0.6) is 0 Å². The molecule has 1 heterocycles. The maximum absolute atomic E-state index is 13.8. The Bertz CT molecular complexity index is 1170. The van der Waals surface area contributed by atoms with Crippen molar-refractivity contribution in [1.29, 1.82) is 4.78 Å². The van der Waals surface area contributed by atoms with Crippen molar-refractivity contribution < 1.29 is 12.6 Å². The number of piperidine rings is 1. The molecule has 2 aromatic carbocycles. The molecule has 3 N–H and O–H groups in total. The van der Waals surface area contributed by atoms with E-state index in [9.17, 15) is 12.6 Å². The third-order valence-electron chi connectivity index (χ3n) is 6.16. The Hall–Kier alpha value is -2.10. The predicted molar refractivity (Wildman–Crippen MR) is 141 cm³/mol. The number of sulfonamides is 1. The molecule has 1 aliphatic rings. The van der Waals surface area contributed by atoms with Gasteiger partial charge >= 0.3 is 0 Å². The van der Waals surface area contributed by atoms with Gasteiger partial charge in [-0.3, -0.25) is 4.31 Å². The molecule has 2 aromatic rings. The van der Waals surface area contributed by atoms with Crippen molar-refractivity contribution in [3.63, 3.8) is 0 Å². The zero-order valence-corrected chi connectivity index (χ0v) is 22.3. The first kappa shape index (κ1) is 26.5. The minimum absolute atomic E-state index is 0.0527. The van der Waals surface area contributed by atoms with Crippen LogP contribution in [0.3, 0.4) is 0 Å². The number of nitrogens with one attached hydrogen (secondary N) is 3. The summed E-state index contributed by atoms with van der Waals surface area (Å²) in [7, 11) is -7.06. The normalized spacial score (nSPS) is 16.9. The van der Waals surface area contributed by atoms with E-state index in [0.29, 0.717) is 30.4 Å². The van der Waals surface area contributed by atoms with Crippen molar-refractivity contribution >= 4 is 31.1 Å². The summed E-state index contributed by atoms with van der Waals surface area (Å²) in [6, 6.07) is 12.2. The second-order valence-electron chi connectivity index (χ2n) is 9.53. The Labute approximate surface area is 205 Å². The molecule has 1 fully saturated rings. The van der Waals surface area contributed by atoms with Crippen LogP contribution in [0.1, 0.15) is 39.2 Å². The first-order valence-corrected chi connectivity index (χ1v) is 15.4. The number of benzene rings is 2. The van der Waals surface area contributed by atoms with E-state index in [2.05, 4.69) is 17.6 Å². The van der Waals surface area contributed by atoms with Gasteiger partial charge in [0.1, 0.15) is 0 Å². The van der Waals surface area contributed by atoms with Gasteiger partial charge in [-0.05, 0) is 80.1 Å². The lowest BCUT2D eigenvalue weighted by molar-refractivity contribution is 0.389. The van der Waals surface area contributed by atoms with Crippen LogP contribution in [0.2, 0.25) is 0 Å². The monoisotopic (exact) mass is 506 g/mol. The van der Waals surface area contributed by atoms with Crippen molar-refractivity contribution in [2.75, 3.05) is 42.1 Å². The summed E-state index contributed by atoms with van der Waals surface area (Å²) >= 11 is 0. The first-order chi connectivity index (χ1) is 16.0. The standard InChI is InChI=1S/C25H38N4O3S2/c1-5-20-6-8-22(9-7-20)29(18-19(2)3)34(31,32)23-10-11-24(25(16-23)33(4,26)30)28-17-21-12-14-27-15-13-21/h6-11,16,19,21,26-28H,5,12-15,17-18H2,1-4H3. The summed E-state index contributed by atoms with van der Waals surface area (Å²) < 4.78 is 50.0. The third-order valence-corrected chi connectivity index (χ3v) is 9.13. The summed E-state index contributed by atoms with van der Waals surface area (Å²) in [6.45, 7) is 8.99. The molecule has 0 aliphatic carbocycles. The Morgan fingerprint density at radius 1 is 1.09 bits per heavy atom. The van der Waals surface area contributed by atoms with Crippen molar-refractivity contribution in [3.05, 3.63) is 48.0 Å². The van der Waals surface area contributed by atoms with E-state index in [1.807, 2.05) is 38.1 Å². The van der Waals surface area contributed by atoms with Crippen LogP contribution in [0.25, 0.3) is 0 Å². The highest BCUT2D eigenvalue weighted by Gasteiger charge is 2.28. The second-order valence-corrected chi connectivity index (χ2v) is 13.5. The van der Waals surface area contributed by atoms with Crippen LogP contribution in [0.15, 0.2) is 52.3 Å². The fourth-order valence-corrected chi connectivity index (χ4v) is 6.81. The molecule has 1 aliphatic heterocycles. The number of hydrogen-bond acceptors (Lipinski definition) is 6. The Morgan fingerprint density at radius 3 is 2.29 bits per heavy atom. The Balaban J connectivity index is 1.97. The van der Waals surface area contributed by atoms with E-state index < -0.39 is 19.8 Å². The van der Waals surface area contributed by atoms with Crippen molar-refractivity contribution in [2.45, 2.75) is 49.8 Å². The molecule has 1 saturated heterocycles. The summed E-state index contributed by atoms with van der Waals surface area (Å²) in [5, 5.41) is 6.68. The average molecular weight is 507 g/mol. The highest BCUT2D eigenvalue weighted by molar-refractivity contribution is 7.93. The van der Waals surface area contributed by atoms with E-state index in [1.54, 1.807) is 12.1 Å². The van der Waals surface area contributed by atoms with Gasteiger partial charge in [-0.2, -0.15) is 0 Å². The Morgan fingerprint density at radius 2 is 1.74 bits per heavy atom. The van der Waals surface area contributed by atoms with Gasteiger partial charge in [-0.1, -0.05) is 32.9 Å². The van der Waals surface area contributed by atoms with Gasteiger partial charge in [-0.15, -0.1) is 0 Å². The third kappa shape index (κ3) is 6.52. The number of hydrogen-bond donors (Lipinski definition) is 3. The highest BCUT2D eigenvalue weighted by atomic mass is 32.2. The maximum atomic E-state index is 13.8. The zero-order valence-electron chi connectivity index (χ0n) is 20.6. The molecule has 34 heavy (non-hydrogen) atoms. The molecule has 3 rings (SSSR count). The van der Waals surface area contributed by atoms with Crippen molar-refractivity contribution in [3.8, 4) is 0 Å². The summed E-state index contributed by atoms with van der Waals surface area (Å²) in [5.74, 6) is 0.598. The van der Waals surface area contributed by atoms with E-state index >= 15 is 0 Å². The smallest absolute Gasteiger partial charge is 0.264 e. The molecule has 1 unspecified atom stereocenters. The zero-order chi connectivity index (χ0) is 24.9. The minimum atomic E-state index is -3.92. The minimum Gasteiger partial charge on any atom is -0.384 e. The predicted octanol–water partition coefficient (Wildman–Crippen LogP) is 4.55. The lowest BCUT2D eigenvalue weighted by atomic mass is 9.98. The summed E-state index contributed by atoms with van der Waals surface area (Å²) in [6.07, 6.45) is 4.32. The van der Waals surface area contributed by atoms with E-state index in [4.69, 9.17) is 4.78 Å². The lowest BCUT2D eigenvalue weighted by Crippen LogP contribution is -2.34. The van der Waals surface area contributed by atoms with Crippen LogP contribution < -0.4 is 14.9 Å². The van der Waals surface area contributed by atoms with E-state index in [1.165, 1.54) is 16.6 Å². The van der Waals surface area contributed by atoms with Crippen LogP contribution in [-0.2, 0) is 26.2 Å². The molecule has 188 valence electrons. The molecular formula is C25H38N4O3S2. The number of nitrogens with zero attached hydrogens (tertiary/aromatic N) is 1. The molecule has 0 radical (unpaired) electrons. The quantitative estimate of drug-likeness (QED) is 0.439. The molecular weight excluding hydrogens is 468 g/mol. The highest BCUT2D eigenvalue weighted by Crippen LogP contribution is 2.30. The van der Waals surface area contributed by atoms with Gasteiger partial charge in [-0.25, -0.2) is 17.4 Å². The molecule has 0 spiro atoms. The average Bonchev–Trinajstić information content (AvgIpc) is 2.81. The van der Waals surface area contributed by atoms with Gasteiger partial charge in [0.15, 0.2) is 0 Å². The fraction of sp³-hybridized carbons (Fsp3) is 0.520. The van der Waals surface area contributed by atoms with Gasteiger partial charge in [0.25, 0.3) is 10.0 Å². The fourth-order valence-electron chi connectivity index (χ4n) is 4.17. The summed E-state index contributed by atoms with van der Waals surface area (Å²) in [4.78, 5) is 0.283. The van der Waals surface area contributed by atoms with E-state index in [0.717, 1.165) is 37.9 Å². The van der Waals surface area contributed by atoms with Crippen LogP contribution in [0.4, 0.5) is 11.4 Å². The van der Waals surface area contributed by atoms with Crippen molar-refractivity contribution in [2.24, 2.45) is 11.8 Å². The number of anilines is 2. The maximum Gasteiger partial charge on any atom is 0.264 e. The molecule has 0 bridgehead atoms. The number of aryl methyl sites for hydroxylation is 1. The second kappa shape index (κ2) is 11.1. The van der Waals surface area contributed by atoms with Crippen LogP contribution >= 0.6 is 0 Å². The molecule has 0 saturated carbocycles. The topological polar surface area (TPSA) is 102 Å². The van der Waals surface area contributed by atoms with Crippen LogP contribution in [0, 0.1) is 16.6 Å². The van der Waals surface area contributed by atoms with Crippen molar-refractivity contribution in [1.82, 2.24) is 5.32 Å². The lowest BCUT2D eigenvalue weighted by Gasteiger charge is -2.27. The van der Waals surface area contributed by atoms with Gasteiger partial charge in [0.05, 0.1) is 30.9 Å². The molecule has 7 nitrogen and oxygen atoms in total. The van der Waals surface area contributed by atoms with Gasteiger partial charge in [0.2, 0.25) is 0 Å². The number of rotatable bonds is 10.